The molecule has 1 saturated heterocycles. The molecule has 7 nitrogen and oxygen atoms in total. The lowest BCUT2D eigenvalue weighted by Crippen LogP contribution is -2.38. The van der Waals surface area contributed by atoms with Crippen LogP contribution in [0.15, 0.2) is 18.2 Å². The van der Waals surface area contributed by atoms with Gasteiger partial charge in [-0.3, -0.25) is 4.90 Å². The fourth-order valence-electron chi connectivity index (χ4n) is 2.54. The lowest BCUT2D eigenvalue weighted by atomic mass is 10.1. The number of hydrogen-bond donors (Lipinski definition) is 2. The molecule has 1 fully saturated rings. The van der Waals surface area contributed by atoms with Crippen molar-refractivity contribution < 1.29 is 19.1 Å². The van der Waals surface area contributed by atoms with Crippen LogP contribution in [-0.2, 0) is 9.47 Å². The number of hydrogen-bond acceptors (Lipinski definition) is 5. The third-order valence-corrected chi connectivity index (χ3v) is 3.94. The number of aryl methyl sites for hydroxylation is 1. The topological polar surface area (TPSA) is 79.9 Å². The Kier molecular flexibility index (Phi) is 7.02. The van der Waals surface area contributed by atoms with E-state index in [0.717, 1.165) is 44.8 Å². The molecule has 2 N–H and O–H groups in total. The quantitative estimate of drug-likeness (QED) is 0.610. The van der Waals surface area contributed by atoms with E-state index in [4.69, 9.17) is 4.74 Å². The summed E-state index contributed by atoms with van der Waals surface area (Å²) in [5, 5.41) is 5.64. The van der Waals surface area contributed by atoms with Crippen LogP contribution in [0.3, 0.4) is 0 Å². The van der Waals surface area contributed by atoms with Crippen LogP contribution in [0.5, 0.6) is 0 Å². The van der Waals surface area contributed by atoms with Crippen LogP contribution in [0, 0.1) is 6.92 Å². The largest absolute Gasteiger partial charge is 0.465 e. The number of benzene rings is 1. The zero-order valence-corrected chi connectivity index (χ0v) is 14.3. The molecule has 2 rings (SSSR count). The second-order valence-corrected chi connectivity index (χ2v) is 5.71. The summed E-state index contributed by atoms with van der Waals surface area (Å²) in [5.74, 6) is -0.391. The number of carbonyl (C=O) groups is 2. The van der Waals surface area contributed by atoms with Gasteiger partial charge in [0.25, 0.3) is 0 Å². The van der Waals surface area contributed by atoms with Gasteiger partial charge >= 0.3 is 12.0 Å². The van der Waals surface area contributed by atoms with Gasteiger partial charge in [0.2, 0.25) is 0 Å². The Hall–Kier alpha value is -2.12. The number of methoxy groups -OCH3 is 1. The molecule has 1 aromatic carbocycles. The normalized spacial score (nSPS) is 14.9. The summed E-state index contributed by atoms with van der Waals surface area (Å²) < 4.78 is 9.98. The Labute approximate surface area is 142 Å². The minimum Gasteiger partial charge on any atom is -0.465 e. The van der Waals surface area contributed by atoms with E-state index >= 15 is 0 Å². The average molecular weight is 335 g/mol. The predicted molar refractivity (Wildman–Crippen MR) is 91.4 cm³/mol. The summed E-state index contributed by atoms with van der Waals surface area (Å²) in [6, 6.07) is 4.78. The van der Waals surface area contributed by atoms with Crippen molar-refractivity contribution in [2.75, 3.05) is 51.8 Å². The van der Waals surface area contributed by atoms with Crippen molar-refractivity contribution in [2.24, 2.45) is 0 Å². The van der Waals surface area contributed by atoms with E-state index in [1.54, 1.807) is 18.2 Å². The fraction of sp³-hybridized carbons (Fsp3) is 0.529. The summed E-state index contributed by atoms with van der Waals surface area (Å²) in [6.45, 7) is 6.89. The van der Waals surface area contributed by atoms with Crippen molar-refractivity contribution >= 4 is 17.7 Å². The fourth-order valence-corrected chi connectivity index (χ4v) is 2.54. The number of carbonyl (C=O) groups excluding carboxylic acids is 2. The molecule has 1 aliphatic heterocycles. The molecule has 2 amide bonds. The molecule has 1 aromatic rings. The average Bonchev–Trinajstić information content (AvgIpc) is 2.60. The maximum absolute atomic E-state index is 11.9. The molecule has 7 heteroatoms. The second kappa shape index (κ2) is 9.24. The number of rotatable bonds is 6. The summed E-state index contributed by atoms with van der Waals surface area (Å²) in [6.07, 6.45) is 0.897. The molecule has 24 heavy (non-hydrogen) atoms. The van der Waals surface area contributed by atoms with Crippen molar-refractivity contribution in [3.63, 3.8) is 0 Å². The lowest BCUT2D eigenvalue weighted by molar-refractivity contribution is 0.0375. The predicted octanol–water partition coefficient (Wildman–Crippen LogP) is 1.63. The van der Waals surface area contributed by atoms with E-state index in [0.29, 0.717) is 17.8 Å². The van der Waals surface area contributed by atoms with Gasteiger partial charge in [0.05, 0.1) is 25.9 Å². The van der Waals surface area contributed by atoms with Gasteiger partial charge in [0, 0.05) is 25.3 Å². The third-order valence-electron chi connectivity index (χ3n) is 3.94. The number of anilines is 1. The van der Waals surface area contributed by atoms with Crippen molar-refractivity contribution in [3.8, 4) is 0 Å². The molecule has 0 bridgehead atoms. The molecule has 0 aromatic heterocycles. The molecule has 0 aliphatic carbocycles. The minimum atomic E-state index is -0.391. The number of amides is 2. The monoisotopic (exact) mass is 335 g/mol. The number of esters is 1. The van der Waals surface area contributed by atoms with Crippen LogP contribution in [0.2, 0.25) is 0 Å². The first-order valence-corrected chi connectivity index (χ1v) is 8.14. The maximum atomic E-state index is 11.9. The van der Waals surface area contributed by atoms with Gasteiger partial charge in [-0.2, -0.15) is 0 Å². The zero-order chi connectivity index (χ0) is 17.4. The van der Waals surface area contributed by atoms with Gasteiger partial charge in [-0.25, -0.2) is 9.59 Å². The Morgan fingerprint density at radius 1 is 1.29 bits per heavy atom. The third kappa shape index (κ3) is 5.50. The van der Waals surface area contributed by atoms with Crippen LogP contribution < -0.4 is 10.6 Å². The lowest BCUT2D eigenvalue weighted by Gasteiger charge is -2.26. The number of ether oxygens (including phenoxy) is 2. The standard InChI is InChI=1S/C17H25N3O4/c1-13-12-14(16(21)23-2)4-5-15(13)19-17(22)18-6-3-7-20-8-10-24-11-9-20/h4-5,12H,3,6-11H2,1-2H3,(H2,18,19,22). The van der Waals surface area contributed by atoms with E-state index in [1.165, 1.54) is 7.11 Å². The van der Waals surface area contributed by atoms with Gasteiger partial charge in [0.15, 0.2) is 0 Å². The van der Waals surface area contributed by atoms with Gasteiger partial charge in [0.1, 0.15) is 0 Å². The number of morpholine rings is 1. The number of urea groups is 1. The molecule has 1 aliphatic rings. The van der Waals surface area contributed by atoms with Crippen LogP contribution in [0.25, 0.3) is 0 Å². The molecular formula is C17H25N3O4. The summed E-state index contributed by atoms with van der Waals surface area (Å²) >= 11 is 0. The first kappa shape index (κ1) is 18.2. The van der Waals surface area contributed by atoms with Crippen LogP contribution in [-0.4, -0.2) is 63.4 Å². The summed E-state index contributed by atoms with van der Waals surface area (Å²) in [5.41, 5.74) is 1.95. The van der Waals surface area contributed by atoms with Gasteiger partial charge in [-0.1, -0.05) is 0 Å². The second-order valence-electron chi connectivity index (χ2n) is 5.71. The Balaban J connectivity index is 1.72. The van der Waals surface area contributed by atoms with E-state index in [1.807, 2.05) is 6.92 Å². The van der Waals surface area contributed by atoms with E-state index in [9.17, 15) is 9.59 Å². The first-order chi connectivity index (χ1) is 11.6. The van der Waals surface area contributed by atoms with Crippen LogP contribution >= 0.6 is 0 Å². The molecule has 0 radical (unpaired) electrons. The number of nitrogens with one attached hydrogen (secondary N) is 2. The van der Waals surface area contributed by atoms with Gasteiger partial charge in [-0.05, 0) is 43.7 Å². The van der Waals surface area contributed by atoms with Crippen molar-refractivity contribution in [3.05, 3.63) is 29.3 Å². The van der Waals surface area contributed by atoms with Gasteiger partial charge < -0.3 is 20.1 Å². The Morgan fingerprint density at radius 3 is 2.71 bits per heavy atom. The molecule has 1 heterocycles. The highest BCUT2D eigenvalue weighted by Crippen LogP contribution is 2.17. The Bertz CT molecular complexity index is 571. The highest BCUT2D eigenvalue weighted by Gasteiger charge is 2.11. The maximum Gasteiger partial charge on any atom is 0.337 e. The number of nitrogens with zero attached hydrogens (tertiary/aromatic N) is 1. The van der Waals surface area contributed by atoms with Crippen molar-refractivity contribution in [1.82, 2.24) is 10.2 Å². The zero-order valence-electron chi connectivity index (χ0n) is 14.3. The SMILES string of the molecule is COC(=O)c1ccc(NC(=O)NCCCN2CCOCC2)c(C)c1. The molecule has 0 atom stereocenters. The van der Waals surface area contributed by atoms with E-state index in [2.05, 4.69) is 20.3 Å². The Morgan fingerprint density at radius 2 is 2.04 bits per heavy atom. The first-order valence-electron chi connectivity index (χ1n) is 8.14. The molecule has 0 spiro atoms. The summed E-state index contributed by atoms with van der Waals surface area (Å²) in [4.78, 5) is 25.7. The van der Waals surface area contributed by atoms with Crippen LogP contribution in [0.4, 0.5) is 10.5 Å². The van der Waals surface area contributed by atoms with E-state index < -0.39 is 5.97 Å². The molecular weight excluding hydrogens is 310 g/mol. The van der Waals surface area contributed by atoms with Crippen LogP contribution in [0.1, 0.15) is 22.3 Å². The summed E-state index contributed by atoms with van der Waals surface area (Å²) in [7, 11) is 1.34. The van der Waals surface area contributed by atoms with Crippen molar-refractivity contribution in [2.45, 2.75) is 13.3 Å². The smallest absolute Gasteiger partial charge is 0.337 e. The van der Waals surface area contributed by atoms with E-state index in [-0.39, 0.29) is 6.03 Å². The highest BCUT2D eigenvalue weighted by atomic mass is 16.5. The minimum absolute atomic E-state index is 0.245. The van der Waals surface area contributed by atoms with Gasteiger partial charge in [-0.15, -0.1) is 0 Å². The molecule has 0 saturated carbocycles. The van der Waals surface area contributed by atoms with Crippen molar-refractivity contribution in [1.29, 1.82) is 0 Å². The molecule has 132 valence electrons. The highest BCUT2D eigenvalue weighted by molar-refractivity contribution is 5.93. The molecule has 0 unspecified atom stereocenters.